The van der Waals surface area contributed by atoms with E-state index in [0.717, 1.165) is 25.7 Å². The maximum atomic E-state index is 13.4. The molecule has 0 radical (unpaired) electrons. The third kappa shape index (κ3) is 2.19. The highest BCUT2D eigenvalue weighted by atomic mass is 28.4. The molecule has 3 aliphatic heterocycles. The number of esters is 1. The second kappa shape index (κ2) is 5.46. The number of carbonyl (C=O) groups is 2. The van der Waals surface area contributed by atoms with Gasteiger partial charge in [0.2, 0.25) is 0 Å². The lowest BCUT2D eigenvalue weighted by molar-refractivity contribution is -0.186. The minimum atomic E-state index is -1.95. The van der Waals surface area contributed by atoms with Gasteiger partial charge in [0.05, 0.1) is 17.1 Å². The van der Waals surface area contributed by atoms with E-state index in [1.54, 1.807) is 4.90 Å². The highest BCUT2D eigenvalue weighted by molar-refractivity contribution is 6.74. The van der Waals surface area contributed by atoms with Gasteiger partial charge in [0, 0.05) is 24.0 Å². The molecule has 0 aromatic rings. The number of ether oxygens (including phenoxy) is 1. The third-order valence-corrected chi connectivity index (χ3v) is 14.2. The van der Waals surface area contributed by atoms with Crippen LogP contribution in [0.15, 0.2) is 0 Å². The smallest absolute Gasteiger partial charge is 0.315 e. The molecular weight excluding hydrogens is 386 g/mol. The number of nitrogens with zero attached hydrogens (tertiary/aromatic N) is 1. The van der Waals surface area contributed by atoms with E-state index >= 15 is 0 Å². The number of rotatable bonds is 2. The molecule has 7 heteroatoms. The van der Waals surface area contributed by atoms with Crippen molar-refractivity contribution in [3.63, 3.8) is 0 Å². The molecule has 0 unspecified atom stereocenters. The Balaban J connectivity index is 1.55. The quantitative estimate of drug-likeness (QED) is 0.548. The summed E-state index contributed by atoms with van der Waals surface area (Å²) in [5, 5.41) is 11.2. The van der Waals surface area contributed by atoms with Gasteiger partial charge in [-0.3, -0.25) is 9.59 Å². The van der Waals surface area contributed by atoms with E-state index in [4.69, 9.17) is 9.16 Å². The number of amides is 1. The molecule has 1 N–H and O–H groups in total. The lowest BCUT2D eigenvalue weighted by atomic mass is 9.43. The van der Waals surface area contributed by atoms with Crippen molar-refractivity contribution >= 4 is 20.2 Å². The Bertz CT molecular complexity index is 789. The van der Waals surface area contributed by atoms with Gasteiger partial charge >= 0.3 is 5.97 Å². The second-order valence-electron chi connectivity index (χ2n) is 12.1. The van der Waals surface area contributed by atoms with Crippen LogP contribution < -0.4 is 0 Å². The van der Waals surface area contributed by atoms with Gasteiger partial charge in [-0.2, -0.15) is 0 Å². The molecular formula is C22H35NO5Si. The molecule has 5 rings (SSSR count). The predicted octanol–water partition coefficient (Wildman–Crippen LogP) is 2.84. The highest BCUT2D eigenvalue weighted by Crippen LogP contribution is 2.72. The normalized spacial score (nSPS) is 48.6. The van der Waals surface area contributed by atoms with Crippen LogP contribution in [0, 0.1) is 16.7 Å². The van der Waals surface area contributed by atoms with E-state index in [0.29, 0.717) is 13.0 Å². The van der Waals surface area contributed by atoms with Crippen LogP contribution in [0.5, 0.6) is 0 Å². The number of piperidine rings is 1. The Morgan fingerprint density at radius 1 is 1.21 bits per heavy atom. The molecule has 0 spiro atoms. The van der Waals surface area contributed by atoms with Gasteiger partial charge in [0.15, 0.2) is 14.4 Å². The van der Waals surface area contributed by atoms with Crippen LogP contribution in [-0.4, -0.2) is 60.6 Å². The van der Waals surface area contributed by atoms with Gasteiger partial charge in [-0.15, -0.1) is 0 Å². The van der Waals surface area contributed by atoms with Crippen molar-refractivity contribution in [1.82, 2.24) is 4.90 Å². The Hall–Kier alpha value is -0.923. The molecule has 0 aromatic carbocycles. The van der Waals surface area contributed by atoms with E-state index in [1.807, 2.05) is 6.92 Å². The predicted molar refractivity (Wildman–Crippen MR) is 110 cm³/mol. The maximum Gasteiger partial charge on any atom is 0.315 e. The molecule has 2 aliphatic carbocycles. The number of aliphatic hydroxyl groups is 1. The van der Waals surface area contributed by atoms with E-state index < -0.39 is 30.9 Å². The number of hydrogen-bond acceptors (Lipinski definition) is 5. The van der Waals surface area contributed by atoms with Gasteiger partial charge < -0.3 is 19.2 Å². The standard InChI is InChI=1S/C22H35NO5Si/c1-19(2,3)29(5,6)28-13-7-10-22-15-14-8-9-21(22,11-13)16(27-18(22)25)17(24)23(15)12-20(14,4)26/h13-16,26H,7-12H2,1-6H3/t13-,14+,15+,16-,20-,21-,22-/m1/s1. The highest BCUT2D eigenvalue weighted by Gasteiger charge is 2.82. The Kier molecular flexibility index (Phi) is 3.77. The zero-order valence-electron chi connectivity index (χ0n) is 18.6. The summed E-state index contributed by atoms with van der Waals surface area (Å²) in [4.78, 5) is 28.5. The first-order chi connectivity index (χ1) is 13.3. The monoisotopic (exact) mass is 421 g/mol. The van der Waals surface area contributed by atoms with Crippen molar-refractivity contribution < 1.29 is 23.9 Å². The van der Waals surface area contributed by atoms with Crippen LogP contribution in [0.4, 0.5) is 0 Å². The maximum absolute atomic E-state index is 13.4. The van der Waals surface area contributed by atoms with Crippen molar-refractivity contribution in [1.29, 1.82) is 0 Å². The first-order valence-corrected chi connectivity index (χ1v) is 14.1. The van der Waals surface area contributed by atoms with Crippen molar-refractivity contribution in [2.75, 3.05) is 6.54 Å². The summed E-state index contributed by atoms with van der Waals surface area (Å²) in [6.45, 7) is 13.4. The zero-order valence-corrected chi connectivity index (χ0v) is 19.6. The molecule has 2 saturated carbocycles. The number of hydrogen-bond donors (Lipinski definition) is 1. The van der Waals surface area contributed by atoms with Crippen molar-refractivity contribution in [3.8, 4) is 0 Å². The summed E-state index contributed by atoms with van der Waals surface area (Å²) in [7, 11) is -1.95. The molecule has 4 bridgehead atoms. The SMILES string of the molecule is CC(C)(C)[Si](C)(C)O[C@@H]1CC[C@@]23C(=O)O[C@@H]4C(=O)N5C[C@@](C)(O)[C@@H](CC[C@@]42C1)[C@H]53. The lowest BCUT2D eigenvalue weighted by Gasteiger charge is -2.61. The van der Waals surface area contributed by atoms with Crippen LogP contribution in [0.3, 0.4) is 0 Å². The van der Waals surface area contributed by atoms with Gasteiger partial charge in [-0.05, 0) is 57.2 Å². The molecule has 6 nitrogen and oxygen atoms in total. The fourth-order valence-corrected chi connectivity index (χ4v) is 8.66. The van der Waals surface area contributed by atoms with Crippen molar-refractivity contribution in [2.24, 2.45) is 16.7 Å². The second-order valence-corrected chi connectivity index (χ2v) is 16.8. The fraction of sp³-hybridized carbons (Fsp3) is 0.909. The molecule has 5 aliphatic rings. The van der Waals surface area contributed by atoms with Crippen LogP contribution >= 0.6 is 0 Å². The van der Waals surface area contributed by atoms with Crippen LogP contribution in [0.25, 0.3) is 0 Å². The summed E-state index contributed by atoms with van der Waals surface area (Å²) in [5.74, 6) is -0.340. The largest absolute Gasteiger partial charge is 0.451 e. The molecule has 1 amide bonds. The minimum Gasteiger partial charge on any atom is -0.451 e. The first-order valence-electron chi connectivity index (χ1n) is 11.2. The van der Waals surface area contributed by atoms with Crippen LogP contribution in [0.1, 0.15) is 59.8 Å². The summed E-state index contributed by atoms with van der Waals surface area (Å²) in [6.07, 6.45) is 3.21. The molecule has 3 heterocycles. The molecule has 7 atom stereocenters. The molecule has 3 saturated heterocycles. The van der Waals surface area contributed by atoms with E-state index in [9.17, 15) is 14.7 Å². The third-order valence-electron chi connectivity index (χ3n) is 9.62. The van der Waals surface area contributed by atoms with Crippen molar-refractivity contribution in [2.45, 2.75) is 102 Å². The Morgan fingerprint density at radius 2 is 1.90 bits per heavy atom. The molecule has 29 heavy (non-hydrogen) atoms. The van der Waals surface area contributed by atoms with E-state index in [1.165, 1.54) is 0 Å². The minimum absolute atomic E-state index is 0.0518. The summed E-state index contributed by atoms with van der Waals surface area (Å²) < 4.78 is 12.6. The summed E-state index contributed by atoms with van der Waals surface area (Å²) in [6, 6.07) is -0.223. The molecule has 162 valence electrons. The van der Waals surface area contributed by atoms with Gasteiger partial charge in [-0.1, -0.05) is 20.8 Å². The molecule has 5 fully saturated rings. The summed E-state index contributed by atoms with van der Waals surface area (Å²) >= 11 is 0. The lowest BCUT2D eigenvalue weighted by Crippen LogP contribution is -2.71. The van der Waals surface area contributed by atoms with E-state index in [2.05, 4.69) is 33.9 Å². The van der Waals surface area contributed by atoms with Gasteiger partial charge in [-0.25, -0.2) is 0 Å². The first kappa shape index (κ1) is 20.0. The average molecular weight is 422 g/mol. The van der Waals surface area contributed by atoms with E-state index in [-0.39, 0.29) is 35.0 Å². The topological polar surface area (TPSA) is 76.1 Å². The fourth-order valence-electron chi connectivity index (χ4n) is 7.27. The van der Waals surface area contributed by atoms with Crippen molar-refractivity contribution in [3.05, 3.63) is 0 Å². The zero-order chi connectivity index (χ0) is 21.2. The van der Waals surface area contributed by atoms with Crippen LogP contribution in [-0.2, 0) is 18.8 Å². The summed E-state index contributed by atoms with van der Waals surface area (Å²) in [5.41, 5.74) is -2.06. The molecule has 0 aromatic heterocycles. The Labute approximate surface area is 174 Å². The van der Waals surface area contributed by atoms with Gasteiger partial charge in [0.1, 0.15) is 0 Å². The van der Waals surface area contributed by atoms with Gasteiger partial charge in [0.25, 0.3) is 5.91 Å². The van der Waals surface area contributed by atoms with Crippen LogP contribution in [0.2, 0.25) is 18.1 Å². The Morgan fingerprint density at radius 3 is 2.55 bits per heavy atom. The average Bonchev–Trinajstić information content (AvgIpc) is 3.00. The number of carbonyl (C=O) groups excluding carboxylic acids is 2.